The molecule has 93 valence electrons. The molecule has 2 N–H and O–H groups in total. The Bertz CT molecular complexity index is 210. The highest BCUT2D eigenvalue weighted by molar-refractivity contribution is 6.91. The fraction of sp³-hybridized carbons (Fsp3) is 1.00. The summed E-state index contributed by atoms with van der Waals surface area (Å²) in [7, 11) is -2.12. The van der Waals surface area contributed by atoms with Crippen LogP contribution in [0.5, 0.6) is 0 Å². The first kappa shape index (κ1) is 14.9. The highest BCUT2D eigenvalue weighted by Gasteiger charge is 2.42. The van der Waals surface area contributed by atoms with Crippen molar-refractivity contribution < 1.29 is 0 Å². The molecule has 0 aliphatic carbocycles. The lowest BCUT2D eigenvalue weighted by Crippen LogP contribution is -2.75. The van der Waals surface area contributed by atoms with E-state index >= 15 is 0 Å². The first-order valence-corrected chi connectivity index (χ1v) is 10.9. The van der Waals surface area contributed by atoms with Crippen molar-refractivity contribution in [3.05, 3.63) is 0 Å². The zero-order valence-corrected chi connectivity index (χ0v) is 14.8. The van der Waals surface area contributed by atoms with Crippen LogP contribution in [0.4, 0.5) is 0 Å². The van der Waals surface area contributed by atoms with Crippen LogP contribution >= 0.6 is 11.8 Å². The van der Waals surface area contributed by atoms with Gasteiger partial charge in [0.2, 0.25) is 27.4 Å². The minimum Gasteiger partial charge on any atom is -0.335 e. The lowest BCUT2D eigenvalue weighted by Gasteiger charge is -2.43. The van der Waals surface area contributed by atoms with Crippen LogP contribution in [-0.2, 0) is 0 Å². The van der Waals surface area contributed by atoms with Gasteiger partial charge in [0.1, 0.15) is 0 Å². The third-order valence-electron chi connectivity index (χ3n) is 2.62. The molecule has 0 spiro atoms. The van der Waals surface area contributed by atoms with E-state index in [1.165, 1.54) is 0 Å². The molecule has 0 unspecified atom stereocenters. The fourth-order valence-electron chi connectivity index (χ4n) is 1.57. The summed E-state index contributed by atoms with van der Waals surface area (Å²) in [5.74, 6) is 0. The molecule has 0 bridgehead atoms. The van der Waals surface area contributed by atoms with Crippen LogP contribution in [0, 0.1) is 0 Å². The van der Waals surface area contributed by atoms with Crippen molar-refractivity contribution >= 4 is 39.1 Å². The van der Waals surface area contributed by atoms with Crippen LogP contribution < -0.4 is 9.30 Å². The van der Waals surface area contributed by atoms with Crippen molar-refractivity contribution in [3.8, 4) is 0 Å². The molecule has 0 aromatic rings. The van der Waals surface area contributed by atoms with Gasteiger partial charge in [-0.25, -0.2) is 3.75 Å². The van der Waals surface area contributed by atoms with E-state index in [0.29, 0.717) is 16.6 Å². The van der Waals surface area contributed by atoms with Gasteiger partial charge >= 0.3 is 0 Å². The molecule has 3 radical (unpaired) electrons. The van der Waals surface area contributed by atoms with E-state index in [9.17, 15) is 0 Å². The number of halogens is 1. The normalized spacial score (nSPS) is 22.9. The fourth-order valence-corrected chi connectivity index (χ4v) is 16.4. The smallest absolute Gasteiger partial charge is 0.232 e. The van der Waals surface area contributed by atoms with Crippen molar-refractivity contribution in [3.63, 3.8) is 0 Å². The van der Waals surface area contributed by atoms with Gasteiger partial charge in [-0.2, -0.15) is 0 Å². The predicted octanol–water partition coefficient (Wildman–Crippen LogP) is 2.33. The zero-order chi connectivity index (χ0) is 12.5. The van der Waals surface area contributed by atoms with Crippen LogP contribution in [0.2, 0.25) is 16.6 Å². The monoisotopic (exact) mass is 292 g/mol. The van der Waals surface area contributed by atoms with Gasteiger partial charge in [0.25, 0.3) is 0 Å². The molecule has 0 amide bonds. The molecule has 1 aliphatic rings. The Morgan fingerprint density at radius 2 is 1.19 bits per heavy atom. The van der Waals surface area contributed by atoms with Crippen molar-refractivity contribution in [2.45, 2.75) is 58.2 Å². The molecule has 1 aliphatic heterocycles. The van der Waals surface area contributed by atoms with Gasteiger partial charge < -0.3 is 9.30 Å². The largest absolute Gasteiger partial charge is 0.335 e. The Kier molecular flexibility index (Phi) is 5.70. The second-order valence-corrected chi connectivity index (χ2v) is 15.3. The zero-order valence-electron chi connectivity index (χ0n) is 11.1. The van der Waals surface area contributed by atoms with E-state index in [1.54, 1.807) is 0 Å². The summed E-state index contributed by atoms with van der Waals surface area (Å²) in [6.45, 7) is 13.7. The van der Waals surface area contributed by atoms with Gasteiger partial charge in [-0.3, -0.25) is 0 Å². The van der Waals surface area contributed by atoms with Gasteiger partial charge in [-0.05, 0) is 28.4 Å². The summed E-state index contributed by atoms with van der Waals surface area (Å²) in [6.07, 6.45) is 0. The maximum atomic E-state index is 6.52. The van der Waals surface area contributed by atoms with E-state index in [4.69, 9.17) is 11.8 Å². The molecular weight excluding hydrogens is 270 g/mol. The summed E-state index contributed by atoms with van der Waals surface area (Å²) in [4.78, 5) is 0. The molecular formula is C9H23ClN3Si3. The molecule has 1 heterocycles. The van der Waals surface area contributed by atoms with E-state index in [2.05, 4.69) is 54.6 Å². The predicted molar refractivity (Wildman–Crippen MR) is 76.5 cm³/mol. The van der Waals surface area contributed by atoms with Crippen molar-refractivity contribution in [2.75, 3.05) is 0 Å². The molecule has 7 heteroatoms. The van der Waals surface area contributed by atoms with Gasteiger partial charge in [-0.15, -0.1) is 0 Å². The summed E-state index contributed by atoms with van der Waals surface area (Å²) < 4.78 is 9.74. The molecule has 1 fully saturated rings. The Balaban J connectivity index is 2.80. The van der Waals surface area contributed by atoms with Gasteiger partial charge in [0.05, 0.1) is 0 Å². The molecule has 3 nitrogen and oxygen atoms in total. The van der Waals surface area contributed by atoms with Crippen molar-refractivity contribution in [2.24, 2.45) is 0 Å². The quantitative estimate of drug-likeness (QED) is 0.618. The van der Waals surface area contributed by atoms with E-state index in [0.717, 1.165) is 0 Å². The number of nitrogens with one attached hydrogen (secondary N) is 2. The highest BCUT2D eigenvalue weighted by Crippen LogP contribution is 2.23. The maximum absolute atomic E-state index is 6.52. The Morgan fingerprint density at radius 3 is 1.44 bits per heavy atom. The molecule has 0 aromatic heterocycles. The molecule has 1 rings (SSSR count). The number of hydrogen-bond acceptors (Lipinski definition) is 3. The Labute approximate surface area is 110 Å². The minimum atomic E-state index is -0.752. The summed E-state index contributed by atoms with van der Waals surface area (Å²) in [5, 5.41) is 0. The average Bonchev–Trinajstić information content (AvgIpc) is 2.16. The number of rotatable bonds is 3. The van der Waals surface area contributed by atoms with Crippen LogP contribution in [0.25, 0.3) is 0 Å². The van der Waals surface area contributed by atoms with Crippen molar-refractivity contribution in [1.29, 1.82) is 0 Å². The van der Waals surface area contributed by atoms with Crippen LogP contribution in [0.3, 0.4) is 0 Å². The summed E-state index contributed by atoms with van der Waals surface area (Å²) in [6, 6.07) is 0. The second-order valence-electron chi connectivity index (χ2n) is 5.18. The Morgan fingerprint density at radius 1 is 0.812 bits per heavy atom. The van der Waals surface area contributed by atoms with E-state index in [1.807, 2.05) is 0 Å². The average molecular weight is 293 g/mol. The standard InChI is InChI=1S/C9H23ClN3Si3/c1-7(2)14-11-15(8(3)4)13(10)16(12-14)9(5)6/h7-9,11-12H,1-6H3. The highest BCUT2D eigenvalue weighted by atomic mass is 35.5. The lowest BCUT2D eigenvalue weighted by atomic mass is 10.6. The van der Waals surface area contributed by atoms with Crippen LogP contribution in [-0.4, -0.2) is 31.1 Å². The summed E-state index contributed by atoms with van der Waals surface area (Å²) >= 11 is 6.52. The molecule has 16 heavy (non-hydrogen) atoms. The van der Waals surface area contributed by atoms with Crippen LogP contribution in [0.15, 0.2) is 0 Å². The number of nitrogens with zero attached hydrogens (tertiary/aromatic N) is 1. The molecule has 0 atom stereocenters. The van der Waals surface area contributed by atoms with E-state index in [-0.39, 0.29) is 0 Å². The molecule has 0 aromatic carbocycles. The minimum absolute atomic E-state index is 0.619. The topological polar surface area (TPSA) is 27.3 Å². The first-order chi connectivity index (χ1) is 7.34. The third-order valence-corrected chi connectivity index (χ3v) is 13.5. The Hall–Kier alpha value is 0.821. The van der Waals surface area contributed by atoms with Gasteiger partial charge in [0.15, 0.2) is 0 Å². The summed E-state index contributed by atoms with van der Waals surface area (Å²) in [5.41, 5.74) is 2.03. The maximum Gasteiger partial charge on any atom is 0.232 e. The molecule has 1 saturated heterocycles. The second kappa shape index (κ2) is 6.12. The van der Waals surface area contributed by atoms with Gasteiger partial charge in [0, 0.05) is 0 Å². The first-order valence-electron chi connectivity index (χ1n) is 5.95. The molecule has 0 saturated carbocycles. The van der Waals surface area contributed by atoms with Gasteiger partial charge in [-0.1, -0.05) is 41.5 Å². The van der Waals surface area contributed by atoms with Crippen molar-refractivity contribution in [1.82, 2.24) is 13.0 Å². The van der Waals surface area contributed by atoms with Crippen LogP contribution in [0.1, 0.15) is 41.5 Å². The third kappa shape index (κ3) is 3.41. The SMILES string of the molecule is CC(C)[Si]1N[Si](C(C)C)N(Cl)[Si](C(C)C)N1. The van der Waals surface area contributed by atoms with E-state index < -0.39 is 27.4 Å². The lowest BCUT2D eigenvalue weighted by molar-refractivity contribution is 0.796. The number of hydrogen-bond donors (Lipinski definition) is 2.